The number of ether oxygens (including phenoxy) is 1. The highest BCUT2D eigenvalue weighted by molar-refractivity contribution is 6.46. The fourth-order valence-electron chi connectivity index (χ4n) is 4.90. The Morgan fingerprint density at radius 2 is 1.76 bits per heavy atom. The summed E-state index contributed by atoms with van der Waals surface area (Å²) in [5.41, 5.74) is 4.38. The van der Waals surface area contributed by atoms with Gasteiger partial charge in [-0.15, -0.1) is 0 Å². The minimum Gasteiger partial charge on any atom is -0.507 e. The van der Waals surface area contributed by atoms with Crippen LogP contribution in [0, 0.1) is 6.92 Å². The molecular formula is C30H26N2O5. The van der Waals surface area contributed by atoms with Crippen LogP contribution < -0.4 is 0 Å². The van der Waals surface area contributed by atoms with Gasteiger partial charge in [-0.05, 0) is 48.7 Å². The second-order valence-electron chi connectivity index (χ2n) is 9.09. The number of carbonyl (C=O) groups is 3. The van der Waals surface area contributed by atoms with E-state index < -0.39 is 23.7 Å². The monoisotopic (exact) mass is 494 g/mol. The minimum absolute atomic E-state index is 0.0281. The number of benzene rings is 3. The molecule has 0 saturated carbocycles. The van der Waals surface area contributed by atoms with Gasteiger partial charge in [-0.25, -0.2) is 4.79 Å². The highest BCUT2D eigenvalue weighted by Gasteiger charge is 2.45. The first-order valence-corrected chi connectivity index (χ1v) is 12.0. The number of hydrogen-bond acceptors (Lipinski definition) is 5. The van der Waals surface area contributed by atoms with E-state index >= 15 is 0 Å². The Bertz CT molecular complexity index is 1550. The van der Waals surface area contributed by atoms with Crippen LogP contribution in [0.15, 0.2) is 84.6 Å². The number of aliphatic hydroxyl groups excluding tert-OH is 1. The molecule has 0 bridgehead atoms. The van der Waals surface area contributed by atoms with Crippen LogP contribution in [0.2, 0.25) is 0 Å². The number of aromatic amines is 1. The maximum absolute atomic E-state index is 13.3. The van der Waals surface area contributed by atoms with E-state index in [1.807, 2.05) is 43.5 Å². The van der Waals surface area contributed by atoms with E-state index in [0.29, 0.717) is 23.1 Å². The number of H-pyrrole nitrogens is 1. The lowest BCUT2D eigenvalue weighted by molar-refractivity contribution is -0.139. The van der Waals surface area contributed by atoms with Crippen LogP contribution in [-0.4, -0.2) is 46.3 Å². The van der Waals surface area contributed by atoms with Crippen LogP contribution in [0.1, 0.15) is 38.7 Å². The number of aromatic nitrogens is 1. The molecule has 1 aliphatic heterocycles. The molecule has 1 saturated heterocycles. The van der Waals surface area contributed by atoms with Crippen LogP contribution in [0.5, 0.6) is 0 Å². The third-order valence-corrected chi connectivity index (χ3v) is 6.78. The number of fused-ring (bicyclic) bond motifs is 1. The molecule has 1 aromatic heterocycles. The van der Waals surface area contributed by atoms with Gasteiger partial charge in [0.05, 0.1) is 24.3 Å². The molecule has 1 unspecified atom stereocenters. The Morgan fingerprint density at radius 3 is 2.49 bits per heavy atom. The number of hydrogen-bond donors (Lipinski definition) is 2. The zero-order valence-corrected chi connectivity index (χ0v) is 20.5. The Morgan fingerprint density at radius 1 is 1.00 bits per heavy atom. The lowest BCUT2D eigenvalue weighted by Gasteiger charge is -2.25. The van der Waals surface area contributed by atoms with Gasteiger partial charge in [-0.2, -0.15) is 0 Å². The summed E-state index contributed by atoms with van der Waals surface area (Å²) >= 11 is 0. The molecule has 1 atom stereocenters. The van der Waals surface area contributed by atoms with E-state index in [9.17, 15) is 19.5 Å². The van der Waals surface area contributed by atoms with Gasteiger partial charge < -0.3 is 19.7 Å². The Kier molecular flexibility index (Phi) is 6.36. The van der Waals surface area contributed by atoms with Crippen LogP contribution >= 0.6 is 0 Å². The van der Waals surface area contributed by atoms with E-state index in [2.05, 4.69) is 4.98 Å². The number of rotatable bonds is 6. The predicted octanol–water partition coefficient (Wildman–Crippen LogP) is 4.93. The molecule has 1 amide bonds. The summed E-state index contributed by atoms with van der Waals surface area (Å²) in [4.78, 5) is 43.3. The average molecular weight is 495 g/mol. The summed E-state index contributed by atoms with van der Waals surface area (Å²) in [6.07, 6.45) is 2.42. The number of ketones is 1. The largest absolute Gasteiger partial charge is 0.507 e. The fourth-order valence-corrected chi connectivity index (χ4v) is 4.90. The van der Waals surface area contributed by atoms with Crippen molar-refractivity contribution in [2.75, 3.05) is 13.7 Å². The first-order chi connectivity index (χ1) is 17.9. The van der Waals surface area contributed by atoms with Crippen LogP contribution in [-0.2, 0) is 20.7 Å². The molecule has 37 heavy (non-hydrogen) atoms. The Hall–Kier alpha value is -4.65. The van der Waals surface area contributed by atoms with Gasteiger partial charge in [0.25, 0.3) is 11.7 Å². The first-order valence-electron chi connectivity index (χ1n) is 12.0. The van der Waals surface area contributed by atoms with Gasteiger partial charge in [-0.3, -0.25) is 9.59 Å². The first kappa shape index (κ1) is 24.1. The van der Waals surface area contributed by atoms with Crippen LogP contribution in [0.25, 0.3) is 16.7 Å². The standard InChI is InChI=1S/C30H26N2O5/c1-18-6-5-7-21(16-18)27(33)25-26(19-10-12-20(13-11-19)30(36)37-2)32(29(35)28(25)34)15-14-22-17-31-24-9-4-3-8-23(22)24/h3-13,16-17,26,31,33H,14-15H2,1-2H3/b27-25+. The molecule has 186 valence electrons. The number of methoxy groups -OCH3 is 1. The summed E-state index contributed by atoms with van der Waals surface area (Å²) in [6, 6.07) is 20.8. The van der Waals surface area contributed by atoms with Crippen molar-refractivity contribution >= 4 is 34.3 Å². The lowest BCUT2D eigenvalue weighted by atomic mass is 9.94. The molecule has 4 aromatic rings. The number of amides is 1. The van der Waals surface area contributed by atoms with Gasteiger partial charge in [0.2, 0.25) is 0 Å². The Balaban J connectivity index is 1.57. The van der Waals surface area contributed by atoms with E-state index in [1.165, 1.54) is 12.0 Å². The van der Waals surface area contributed by atoms with E-state index in [4.69, 9.17) is 4.74 Å². The Labute approximate surface area is 214 Å². The second kappa shape index (κ2) is 9.78. The van der Waals surface area contributed by atoms with Crippen molar-refractivity contribution in [3.63, 3.8) is 0 Å². The summed E-state index contributed by atoms with van der Waals surface area (Å²) in [5.74, 6) is -2.12. The average Bonchev–Trinajstić information content (AvgIpc) is 3.44. The van der Waals surface area contributed by atoms with Crippen molar-refractivity contribution in [3.05, 3.63) is 112 Å². The lowest BCUT2D eigenvalue weighted by Crippen LogP contribution is -2.31. The van der Waals surface area contributed by atoms with E-state index in [0.717, 1.165) is 22.0 Å². The van der Waals surface area contributed by atoms with Crippen LogP contribution in [0.3, 0.4) is 0 Å². The number of nitrogens with one attached hydrogen (secondary N) is 1. The number of likely N-dealkylation sites (tertiary alicyclic amines) is 1. The number of Topliss-reactive ketones (excluding diaryl/α,β-unsaturated/α-hetero) is 1. The maximum Gasteiger partial charge on any atom is 0.337 e. The number of aryl methyl sites for hydroxylation is 1. The zero-order chi connectivity index (χ0) is 26.1. The third kappa shape index (κ3) is 4.40. The topological polar surface area (TPSA) is 99.7 Å². The molecule has 7 nitrogen and oxygen atoms in total. The number of esters is 1. The van der Waals surface area contributed by atoms with Crippen molar-refractivity contribution in [2.45, 2.75) is 19.4 Å². The molecule has 5 rings (SSSR count). The fraction of sp³-hybridized carbons (Fsp3) is 0.167. The highest BCUT2D eigenvalue weighted by atomic mass is 16.5. The van der Waals surface area contributed by atoms with Crippen molar-refractivity contribution in [1.82, 2.24) is 9.88 Å². The van der Waals surface area contributed by atoms with Gasteiger partial charge in [0.1, 0.15) is 5.76 Å². The summed E-state index contributed by atoms with van der Waals surface area (Å²) in [6.45, 7) is 2.15. The van der Waals surface area contributed by atoms with Crippen molar-refractivity contribution < 1.29 is 24.2 Å². The smallest absolute Gasteiger partial charge is 0.337 e. The quantitative estimate of drug-likeness (QED) is 0.171. The molecule has 1 fully saturated rings. The van der Waals surface area contributed by atoms with Gasteiger partial charge in [0.15, 0.2) is 0 Å². The minimum atomic E-state index is -0.808. The van der Waals surface area contributed by atoms with Crippen molar-refractivity contribution in [1.29, 1.82) is 0 Å². The number of para-hydroxylation sites is 1. The molecule has 1 aliphatic rings. The van der Waals surface area contributed by atoms with Crippen molar-refractivity contribution in [2.24, 2.45) is 0 Å². The second-order valence-corrected chi connectivity index (χ2v) is 9.09. The van der Waals surface area contributed by atoms with Crippen LogP contribution in [0.4, 0.5) is 0 Å². The molecule has 0 spiro atoms. The van der Waals surface area contributed by atoms with Crippen molar-refractivity contribution in [3.8, 4) is 0 Å². The van der Waals surface area contributed by atoms with E-state index in [1.54, 1.807) is 42.5 Å². The summed E-state index contributed by atoms with van der Waals surface area (Å²) < 4.78 is 4.79. The molecule has 7 heteroatoms. The molecule has 0 radical (unpaired) electrons. The number of aliphatic hydroxyl groups is 1. The predicted molar refractivity (Wildman–Crippen MR) is 140 cm³/mol. The third-order valence-electron chi connectivity index (χ3n) is 6.78. The molecule has 2 heterocycles. The molecule has 2 N–H and O–H groups in total. The van der Waals surface area contributed by atoms with E-state index in [-0.39, 0.29) is 17.9 Å². The SMILES string of the molecule is COC(=O)c1ccc(C2/C(=C(\O)c3cccc(C)c3)C(=O)C(=O)N2CCc2c[nH]c3ccccc23)cc1. The number of nitrogens with zero attached hydrogens (tertiary/aromatic N) is 1. The molecule has 3 aromatic carbocycles. The summed E-state index contributed by atoms with van der Waals surface area (Å²) in [7, 11) is 1.30. The zero-order valence-electron chi connectivity index (χ0n) is 20.5. The number of carbonyl (C=O) groups excluding carboxylic acids is 3. The summed E-state index contributed by atoms with van der Waals surface area (Å²) in [5, 5.41) is 12.3. The molecule has 0 aliphatic carbocycles. The normalized spacial score (nSPS) is 16.9. The van der Waals surface area contributed by atoms with Gasteiger partial charge in [-0.1, -0.05) is 54.1 Å². The van der Waals surface area contributed by atoms with Gasteiger partial charge >= 0.3 is 5.97 Å². The molecular weight excluding hydrogens is 468 g/mol. The highest BCUT2D eigenvalue weighted by Crippen LogP contribution is 2.39. The van der Waals surface area contributed by atoms with Gasteiger partial charge in [0, 0.05) is 29.2 Å². The maximum atomic E-state index is 13.3.